The summed E-state index contributed by atoms with van der Waals surface area (Å²) in [6.07, 6.45) is 3.24. The van der Waals surface area contributed by atoms with E-state index in [1.807, 2.05) is 51.9 Å². The fourth-order valence-electron chi connectivity index (χ4n) is 5.81. The minimum absolute atomic E-state index is 0.0157. The van der Waals surface area contributed by atoms with Crippen molar-refractivity contribution in [2.75, 3.05) is 19.0 Å². The molecule has 226 valence electrons. The van der Waals surface area contributed by atoms with Crippen molar-refractivity contribution in [3.8, 4) is 11.4 Å². The fraction of sp³-hybridized carbons (Fsp3) is 0.452. The summed E-state index contributed by atoms with van der Waals surface area (Å²) < 4.78 is 22.9. The Bertz CT molecular complexity index is 1630. The molecule has 5 heterocycles. The number of carbonyl (C=O) groups is 3. The van der Waals surface area contributed by atoms with Crippen LogP contribution in [0.4, 0.5) is 4.79 Å². The van der Waals surface area contributed by atoms with Crippen molar-refractivity contribution < 1.29 is 33.3 Å². The van der Waals surface area contributed by atoms with Crippen molar-refractivity contribution >= 4 is 50.6 Å². The van der Waals surface area contributed by atoms with Gasteiger partial charge in [-0.1, -0.05) is 53.1 Å². The van der Waals surface area contributed by atoms with Gasteiger partial charge in [-0.25, -0.2) is 14.6 Å². The molecule has 1 saturated heterocycles. The van der Waals surface area contributed by atoms with E-state index in [-0.39, 0.29) is 48.9 Å². The fourth-order valence-corrected chi connectivity index (χ4v) is 8.84. The molecule has 43 heavy (non-hydrogen) atoms. The van der Waals surface area contributed by atoms with Crippen molar-refractivity contribution in [1.82, 2.24) is 9.55 Å². The summed E-state index contributed by atoms with van der Waals surface area (Å²) in [6.45, 7) is 1.41. The van der Waals surface area contributed by atoms with E-state index in [0.717, 1.165) is 35.7 Å². The predicted octanol–water partition coefficient (Wildman–Crippen LogP) is 5.50. The molecule has 0 N–H and O–H groups in total. The van der Waals surface area contributed by atoms with Crippen LogP contribution >= 0.6 is 21.6 Å². The standard InChI is InChI=1S/C31H32N2O8S2/c1-2-31(41-30(37)39-13-12-38-26(34)10-6-4-8-21-11-14-42-43-21)23-16-25-27-20(15-19-7-3-5-9-24(19)32-27)17-33(25)28(35)22(23)18-40-29(31)36/h3,5,7,9,15-16,21H,2,4,6,8,10-14,17-18H2,1H3. The van der Waals surface area contributed by atoms with Crippen molar-refractivity contribution in [2.24, 2.45) is 0 Å². The molecule has 3 aliphatic heterocycles. The molecule has 0 bridgehead atoms. The number of para-hydroxylation sites is 1. The Kier molecular flexibility index (Phi) is 8.67. The van der Waals surface area contributed by atoms with Crippen LogP contribution in [0.1, 0.15) is 62.1 Å². The van der Waals surface area contributed by atoms with Gasteiger partial charge in [-0.2, -0.15) is 0 Å². The first-order valence-electron chi connectivity index (χ1n) is 14.5. The number of hydrogen-bond donors (Lipinski definition) is 0. The van der Waals surface area contributed by atoms with Crippen LogP contribution in [0.2, 0.25) is 0 Å². The summed E-state index contributed by atoms with van der Waals surface area (Å²) in [5, 5.41) is 1.63. The van der Waals surface area contributed by atoms with Gasteiger partial charge in [0, 0.05) is 33.9 Å². The van der Waals surface area contributed by atoms with E-state index in [1.165, 1.54) is 12.2 Å². The van der Waals surface area contributed by atoms with Crippen molar-refractivity contribution in [3.05, 3.63) is 63.4 Å². The van der Waals surface area contributed by atoms with Gasteiger partial charge in [0.2, 0.25) is 5.60 Å². The van der Waals surface area contributed by atoms with Gasteiger partial charge in [0.15, 0.2) is 0 Å². The van der Waals surface area contributed by atoms with E-state index in [0.29, 0.717) is 29.6 Å². The summed E-state index contributed by atoms with van der Waals surface area (Å²) in [5.41, 5.74) is 1.16. The number of unbranched alkanes of at least 4 members (excludes halogenated alkanes) is 1. The van der Waals surface area contributed by atoms with Crippen molar-refractivity contribution in [2.45, 2.75) is 69.5 Å². The summed E-state index contributed by atoms with van der Waals surface area (Å²) in [6, 6.07) is 11.4. The highest BCUT2D eigenvalue weighted by Gasteiger charge is 2.51. The number of rotatable bonds is 10. The Morgan fingerprint density at radius 2 is 1.98 bits per heavy atom. The molecule has 2 aromatic heterocycles. The normalized spacial score (nSPS) is 20.2. The number of pyridine rings is 2. The summed E-state index contributed by atoms with van der Waals surface area (Å²) in [4.78, 5) is 56.4. The van der Waals surface area contributed by atoms with Crippen LogP contribution in [0.15, 0.2) is 41.2 Å². The molecule has 1 aromatic carbocycles. The minimum Gasteiger partial charge on any atom is -0.462 e. The SMILES string of the molecule is CCC1(OC(=O)OCCOC(=O)CCCCC2CCSS2)C(=O)OCc2c1cc1n(c2=O)Cc2cc3ccccc3nc2-1. The molecule has 10 nitrogen and oxygen atoms in total. The molecule has 0 spiro atoms. The molecule has 12 heteroatoms. The second-order valence-electron chi connectivity index (χ2n) is 10.8. The van der Waals surface area contributed by atoms with Crippen LogP contribution in [0.5, 0.6) is 0 Å². The summed E-state index contributed by atoms with van der Waals surface area (Å²) >= 11 is 0. The van der Waals surface area contributed by atoms with Crippen molar-refractivity contribution in [3.63, 3.8) is 0 Å². The largest absolute Gasteiger partial charge is 0.509 e. The minimum atomic E-state index is -1.87. The Labute approximate surface area is 256 Å². The average molecular weight is 625 g/mol. The van der Waals surface area contributed by atoms with Crippen LogP contribution in [0.25, 0.3) is 22.3 Å². The first-order chi connectivity index (χ1) is 20.9. The molecule has 2 atom stereocenters. The van der Waals surface area contributed by atoms with Crippen LogP contribution in [-0.2, 0) is 47.3 Å². The van der Waals surface area contributed by atoms with E-state index in [9.17, 15) is 19.2 Å². The maximum absolute atomic E-state index is 13.6. The zero-order valence-corrected chi connectivity index (χ0v) is 25.4. The van der Waals surface area contributed by atoms with Gasteiger partial charge in [0.1, 0.15) is 19.8 Å². The Morgan fingerprint density at radius 3 is 2.79 bits per heavy atom. The Balaban J connectivity index is 1.12. The van der Waals surface area contributed by atoms with Crippen LogP contribution in [-0.4, -0.2) is 51.9 Å². The number of carbonyl (C=O) groups excluding carboxylic acids is 3. The highest BCUT2D eigenvalue weighted by atomic mass is 33.1. The third-order valence-corrected chi connectivity index (χ3v) is 11.1. The topological polar surface area (TPSA) is 123 Å². The number of benzene rings is 1. The lowest BCUT2D eigenvalue weighted by Gasteiger charge is -2.35. The molecular formula is C31H32N2O8S2. The molecule has 0 amide bonds. The third-order valence-electron chi connectivity index (χ3n) is 8.09. The molecule has 3 aliphatic rings. The first kappa shape index (κ1) is 29.6. The van der Waals surface area contributed by atoms with Gasteiger partial charge in [-0.3, -0.25) is 9.59 Å². The molecule has 0 radical (unpaired) electrons. The van der Waals surface area contributed by atoms with E-state index in [2.05, 4.69) is 0 Å². The molecule has 3 aromatic rings. The highest BCUT2D eigenvalue weighted by Crippen LogP contribution is 2.41. The van der Waals surface area contributed by atoms with E-state index in [1.54, 1.807) is 17.6 Å². The lowest BCUT2D eigenvalue weighted by atomic mass is 9.85. The van der Waals surface area contributed by atoms with Gasteiger partial charge in [-0.05, 0) is 43.9 Å². The number of aromatic nitrogens is 2. The first-order valence-corrected chi connectivity index (χ1v) is 16.9. The Hall–Kier alpha value is -3.51. The molecule has 2 unspecified atom stereocenters. The Morgan fingerprint density at radius 1 is 1.14 bits per heavy atom. The van der Waals surface area contributed by atoms with Crippen molar-refractivity contribution in [1.29, 1.82) is 0 Å². The molecule has 6 rings (SSSR count). The smallest absolute Gasteiger partial charge is 0.462 e. The number of esters is 2. The van der Waals surface area contributed by atoms with Gasteiger partial charge in [-0.15, -0.1) is 0 Å². The molecule has 0 saturated carbocycles. The van der Waals surface area contributed by atoms with Crippen LogP contribution in [0.3, 0.4) is 0 Å². The van der Waals surface area contributed by atoms with Crippen LogP contribution in [0, 0.1) is 0 Å². The molecular weight excluding hydrogens is 592 g/mol. The summed E-state index contributed by atoms with van der Waals surface area (Å²) in [5.74, 6) is 0.0581. The van der Waals surface area contributed by atoms with Gasteiger partial charge >= 0.3 is 18.1 Å². The van der Waals surface area contributed by atoms with Gasteiger partial charge in [0.25, 0.3) is 5.56 Å². The average Bonchev–Trinajstić information content (AvgIpc) is 3.66. The number of fused-ring (bicyclic) bond motifs is 5. The predicted molar refractivity (Wildman–Crippen MR) is 163 cm³/mol. The van der Waals surface area contributed by atoms with Gasteiger partial charge < -0.3 is 23.5 Å². The molecule has 0 aliphatic carbocycles. The number of hydrogen-bond acceptors (Lipinski definition) is 11. The summed E-state index contributed by atoms with van der Waals surface area (Å²) in [7, 11) is 3.83. The lowest BCUT2D eigenvalue weighted by Crippen LogP contribution is -2.47. The maximum atomic E-state index is 13.6. The van der Waals surface area contributed by atoms with Crippen LogP contribution < -0.4 is 5.56 Å². The molecule has 1 fully saturated rings. The zero-order valence-electron chi connectivity index (χ0n) is 23.8. The number of nitrogens with zero attached hydrogens (tertiary/aromatic N) is 2. The van der Waals surface area contributed by atoms with E-state index >= 15 is 0 Å². The van der Waals surface area contributed by atoms with Gasteiger partial charge in [0.05, 0.1) is 29.0 Å². The second kappa shape index (κ2) is 12.6. The lowest BCUT2D eigenvalue weighted by molar-refractivity contribution is -0.175. The number of ether oxygens (including phenoxy) is 4. The van der Waals surface area contributed by atoms with E-state index in [4.69, 9.17) is 23.9 Å². The number of cyclic esters (lactones) is 1. The quantitative estimate of drug-likeness (QED) is 0.0962. The second-order valence-corrected chi connectivity index (χ2v) is 13.5. The van der Waals surface area contributed by atoms with E-state index < -0.39 is 17.7 Å². The maximum Gasteiger partial charge on any atom is 0.509 e. The highest BCUT2D eigenvalue weighted by molar-refractivity contribution is 8.77. The monoisotopic (exact) mass is 624 g/mol. The third kappa shape index (κ3) is 5.86. The zero-order chi connectivity index (χ0) is 30.0.